The van der Waals surface area contributed by atoms with Gasteiger partial charge < -0.3 is 5.32 Å². The van der Waals surface area contributed by atoms with Crippen LogP contribution in [0.25, 0.3) is 11.0 Å². The molecule has 0 bridgehead atoms. The summed E-state index contributed by atoms with van der Waals surface area (Å²) in [5.74, 6) is -0.576. The van der Waals surface area contributed by atoms with Crippen molar-refractivity contribution in [1.82, 2.24) is 14.5 Å². The summed E-state index contributed by atoms with van der Waals surface area (Å²) >= 11 is 0. The lowest BCUT2D eigenvalue weighted by Crippen LogP contribution is -2.32. The van der Waals surface area contributed by atoms with Gasteiger partial charge in [0.2, 0.25) is 10.0 Å². The number of aryl methyl sites for hydroxylation is 1. The monoisotopic (exact) mass is 487 g/mol. The van der Waals surface area contributed by atoms with Gasteiger partial charge in [-0.2, -0.15) is 0 Å². The van der Waals surface area contributed by atoms with Gasteiger partial charge in [0.05, 0.1) is 16.7 Å². The largest absolute Gasteiger partial charge is 0.329 e. The molecule has 0 radical (unpaired) electrons. The summed E-state index contributed by atoms with van der Waals surface area (Å²) < 4.78 is 27.7. The highest BCUT2D eigenvalue weighted by Gasteiger charge is 2.20. The van der Waals surface area contributed by atoms with Crippen LogP contribution >= 0.6 is 0 Å². The molecule has 10 nitrogen and oxygen atoms in total. The Labute approximate surface area is 197 Å². The van der Waals surface area contributed by atoms with E-state index >= 15 is 0 Å². The maximum atomic E-state index is 13.2. The third-order valence-electron chi connectivity index (χ3n) is 5.14. The third-order valence-corrected chi connectivity index (χ3v) is 6.63. The number of H-pyrrole nitrogens is 1. The van der Waals surface area contributed by atoms with Gasteiger partial charge in [-0.25, -0.2) is 18.2 Å². The van der Waals surface area contributed by atoms with Crippen molar-refractivity contribution in [1.29, 1.82) is 0 Å². The number of amides is 1. The van der Waals surface area contributed by atoms with Gasteiger partial charge in [0.25, 0.3) is 11.5 Å². The topological polar surface area (TPSA) is 143 Å². The minimum absolute atomic E-state index is 0.0104. The fourth-order valence-corrected chi connectivity index (χ4v) is 4.65. The maximum absolute atomic E-state index is 13.2. The number of anilines is 2. The van der Waals surface area contributed by atoms with Crippen LogP contribution in [0.5, 0.6) is 0 Å². The number of aromatic nitrogens is 3. The van der Waals surface area contributed by atoms with Gasteiger partial charge >= 0.3 is 5.69 Å². The van der Waals surface area contributed by atoms with Crippen LogP contribution in [0.1, 0.15) is 62.5 Å². The molecule has 0 fully saturated rings. The van der Waals surface area contributed by atoms with Gasteiger partial charge in [-0.05, 0) is 49.1 Å². The van der Waals surface area contributed by atoms with E-state index in [0.29, 0.717) is 36.5 Å². The molecule has 182 valence electrons. The summed E-state index contributed by atoms with van der Waals surface area (Å²) in [5, 5.41) is 2.78. The van der Waals surface area contributed by atoms with Crippen LogP contribution in [0.3, 0.4) is 0 Å². The number of hydrogen-bond donors (Lipinski definition) is 3. The lowest BCUT2D eigenvalue weighted by Gasteiger charge is -2.15. The van der Waals surface area contributed by atoms with Crippen molar-refractivity contribution in [3.63, 3.8) is 0 Å². The SMILES string of the molecule is CCCn1c(=O)[nH]c(=O)c2c(C(=O)Nc3ccc(NS(=O)(=O)CCC)cc3)cc(C(C)C)nc21. The number of nitrogens with zero attached hydrogens (tertiary/aromatic N) is 2. The Kier molecular flexibility index (Phi) is 7.55. The number of hydrogen-bond acceptors (Lipinski definition) is 6. The van der Waals surface area contributed by atoms with Crippen molar-refractivity contribution in [2.75, 3.05) is 15.8 Å². The van der Waals surface area contributed by atoms with E-state index in [1.165, 1.54) is 4.57 Å². The molecule has 0 saturated heterocycles. The molecule has 0 saturated carbocycles. The molecule has 0 unspecified atom stereocenters. The van der Waals surface area contributed by atoms with Crippen LogP contribution in [0.15, 0.2) is 39.9 Å². The lowest BCUT2D eigenvalue weighted by molar-refractivity contribution is 0.102. The molecule has 3 rings (SSSR count). The summed E-state index contributed by atoms with van der Waals surface area (Å²) in [4.78, 5) is 45.1. The first kappa shape index (κ1) is 25.2. The first-order chi connectivity index (χ1) is 16.1. The van der Waals surface area contributed by atoms with Crippen molar-refractivity contribution in [2.45, 2.75) is 53.0 Å². The highest BCUT2D eigenvalue weighted by Crippen LogP contribution is 2.22. The Morgan fingerprint density at radius 1 is 1.09 bits per heavy atom. The van der Waals surface area contributed by atoms with E-state index in [1.807, 2.05) is 20.8 Å². The lowest BCUT2D eigenvalue weighted by atomic mass is 10.0. The third kappa shape index (κ3) is 5.53. The first-order valence-corrected chi connectivity index (χ1v) is 12.8. The van der Waals surface area contributed by atoms with Crippen LogP contribution in [0.4, 0.5) is 11.4 Å². The van der Waals surface area contributed by atoms with E-state index in [-0.39, 0.29) is 28.3 Å². The normalized spacial score (nSPS) is 11.7. The molecule has 0 atom stereocenters. The fourth-order valence-electron chi connectivity index (χ4n) is 3.52. The quantitative estimate of drug-likeness (QED) is 0.423. The molecule has 34 heavy (non-hydrogen) atoms. The highest BCUT2D eigenvalue weighted by molar-refractivity contribution is 7.92. The molecular weight excluding hydrogens is 458 g/mol. The van der Waals surface area contributed by atoms with E-state index < -0.39 is 27.2 Å². The van der Waals surface area contributed by atoms with Crippen molar-refractivity contribution in [2.24, 2.45) is 0 Å². The predicted molar refractivity (Wildman–Crippen MR) is 133 cm³/mol. The zero-order chi connectivity index (χ0) is 25.0. The molecule has 0 aliphatic rings. The summed E-state index contributed by atoms with van der Waals surface area (Å²) in [5.41, 5.74) is 0.398. The molecule has 3 aromatic rings. The van der Waals surface area contributed by atoms with E-state index in [0.717, 1.165) is 0 Å². The molecule has 2 aromatic heterocycles. The second-order valence-electron chi connectivity index (χ2n) is 8.31. The molecule has 3 N–H and O–H groups in total. The molecule has 0 aliphatic carbocycles. The van der Waals surface area contributed by atoms with Crippen molar-refractivity contribution in [3.05, 3.63) is 62.4 Å². The van der Waals surface area contributed by atoms with E-state index in [4.69, 9.17) is 0 Å². The summed E-state index contributed by atoms with van der Waals surface area (Å²) in [7, 11) is -3.43. The summed E-state index contributed by atoms with van der Waals surface area (Å²) in [6.07, 6.45) is 1.14. The molecule has 0 spiro atoms. The Hall–Kier alpha value is -3.47. The highest BCUT2D eigenvalue weighted by atomic mass is 32.2. The number of benzene rings is 1. The minimum Gasteiger partial charge on any atom is -0.322 e. The number of carbonyl (C=O) groups excluding carboxylic acids is 1. The second-order valence-corrected chi connectivity index (χ2v) is 10.2. The Bertz CT molecular complexity index is 1420. The zero-order valence-corrected chi connectivity index (χ0v) is 20.5. The number of carbonyl (C=O) groups is 1. The Morgan fingerprint density at radius 2 is 1.74 bits per heavy atom. The first-order valence-electron chi connectivity index (χ1n) is 11.2. The molecule has 2 heterocycles. The minimum atomic E-state index is -3.43. The molecular formula is C23H29N5O5S. The fraction of sp³-hybridized carbons (Fsp3) is 0.391. The average molecular weight is 488 g/mol. The number of aromatic amines is 1. The van der Waals surface area contributed by atoms with Gasteiger partial charge in [-0.3, -0.25) is 23.9 Å². The average Bonchev–Trinajstić information content (AvgIpc) is 2.76. The van der Waals surface area contributed by atoms with Crippen molar-refractivity contribution in [3.8, 4) is 0 Å². The number of pyridine rings is 1. The van der Waals surface area contributed by atoms with Crippen molar-refractivity contribution < 1.29 is 13.2 Å². The maximum Gasteiger partial charge on any atom is 0.329 e. The van der Waals surface area contributed by atoms with Gasteiger partial charge in [0.1, 0.15) is 0 Å². The Morgan fingerprint density at radius 3 is 2.32 bits per heavy atom. The van der Waals surface area contributed by atoms with E-state index in [9.17, 15) is 22.8 Å². The number of nitrogens with one attached hydrogen (secondary N) is 3. The Balaban J connectivity index is 2.01. The number of rotatable bonds is 9. The summed E-state index contributed by atoms with van der Waals surface area (Å²) in [6, 6.07) is 7.76. The molecule has 0 aliphatic heterocycles. The van der Waals surface area contributed by atoms with Crippen LogP contribution in [-0.4, -0.2) is 34.6 Å². The smallest absolute Gasteiger partial charge is 0.322 e. The molecule has 1 aromatic carbocycles. The predicted octanol–water partition coefficient (Wildman–Crippen LogP) is 3.02. The van der Waals surface area contributed by atoms with Crippen LogP contribution < -0.4 is 21.3 Å². The van der Waals surface area contributed by atoms with Gasteiger partial charge in [0.15, 0.2) is 5.65 Å². The van der Waals surface area contributed by atoms with E-state index in [2.05, 4.69) is 20.0 Å². The van der Waals surface area contributed by atoms with Crippen molar-refractivity contribution >= 4 is 38.3 Å². The number of fused-ring (bicyclic) bond motifs is 1. The van der Waals surface area contributed by atoms with Gasteiger partial charge in [0, 0.05) is 23.6 Å². The molecule has 11 heteroatoms. The van der Waals surface area contributed by atoms with Crippen LogP contribution in [0, 0.1) is 0 Å². The molecule has 1 amide bonds. The second kappa shape index (κ2) is 10.2. The van der Waals surface area contributed by atoms with Crippen LogP contribution in [-0.2, 0) is 16.6 Å². The van der Waals surface area contributed by atoms with Gasteiger partial charge in [-0.1, -0.05) is 27.7 Å². The van der Waals surface area contributed by atoms with Gasteiger partial charge in [-0.15, -0.1) is 0 Å². The summed E-state index contributed by atoms with van der Waals surface area (Å²) in [6.45, 7) is 7.83. The number of sulfonamides is 1. The standard InChI is InChI=1S/C23H29N5O5S/c1-5-11-28-20-19(22(30)26-23(28)31)17(13-18(25-20)14(3)4)21(29)24-15-7-9-16(10-8-15)27-34(32,33)12-6-2/h7-10,13-14,27H,5-6,11-12H2,1-4H3,(H,24,29)(H,26,30,31). The zero-order valence-electron chi connectivity index (χ0n) is 19.6. The van der Waals surface area contributed by atoms with Crippen LogP contribution in [0.2, 0.25) is 0 Å². The van der Waals surface area contributed by atoms with E-state index in [1.54, 1.807) is 37.3 Å².